The molecule has 1 atom stereocenters. The van der Waals surface area contributed by atoms with E-state index in [1.54, 1.807) is 14.2 Å². The zero-order valence-corrected chi connectivity index (χ0v) is 15.9. The third-order valence-corrected chi connectivity index (χ3v) is 4.93. The lowest BCUT2D eigenvalue weighted by Crippen LogP contribution is -2.44. The maximum Gasteiger partial charge on any atom is 0.248 e. The fourth-order valence-electron chi connectivity index (χ4n) is 3.55. The summed E-state index contributed by atoms with van der Waals surface area (Å²) in [7, 11) is 3.28. The molecular formula is C20H32N2O3. The van der Waals surface area contributed by atoms with Crippen LogP contribution in [0.1, 0.15) is 25.3 Å². The molecule has 1 saturated heterocycles. The summed E-state index contributed by atoms with van der Waals surface area (Å²) in [5, 5.41) is 0. The highest BCUT2D eigenvalue weighted by molar-refractivity contribution is 5.77. The number of piperidine rings is 1. The number of carbonyl (C=O) groups is 1. The normalized spacial score (nSPS) is 18.1. The summed E-state index contributed by atoms with van der Waals surface area (Å²) in [5.74, 6) is 1.57. The van der Waals surface area contributed by atoms with Gasteiger partial charge in [-0.25, -0.2) is 0 Å². The van der Waals surface area contributed by atoms with Crippen molar-refractivity contribution >= 4 is 5.91 Å². The second-order valence-electron chi connectivity index (χ2n) is 6.78. The minimum absolute atomic E-state index is 0.0958. The van der Waals surface area contributed by atoms with Crippen LogP contribution in [0.15, 0.2) is 24.3 Å². The Kier molecular flexibility index (Phi) is 8.22. The number of rotatable bonds is 9. The number of hydrogen-bond donors (Lipinski definition) is 0. The van der Waals surface area contributed by atoms with Gasteiger partial charge in [-0.15, -0.1) is 0 Å². The molecule has 0 radical (unpaired) electrons. The molecular weight excluding hydrogens is 316 g/mol. The number of methoxy groups -OCH3 is 2. The summed E-state index contributed by atoms with van der Waals surface area (Å²) in [6.07, 6.45) is 3.44. The molecule has 5 nitrogen and oxygen atoms in total. The highest BCUT2D eigenvalue weighted by atomic mass is 16.5. The predicted molar refractivity (Wildman–Crippen MR) is 100.0 cm³/mol. The molecule has 0 aromatic heterocycles. The molecule has 1 aromatic rings. The quantitative estimate of drug-likeness (QED) is 0.687. The van der Waals surface area contributed by atoms with Crippen molar-refractivity contribution < 1.29 is 14.3 Å². The molecule has 1 aliphatic rings. The van der Waals surface area contributed by atoms with Gasteiger partial charge in [-0.3, -0.25) is 4.79 Å². The number of benzene rings is 1. The fraction of sp³-hybridized carbons (Fsp3) is 0.650. The van der Waals surface area contributed by atoms with Crippen molar-refractivity contribution in [2.45, 2.75) is 26.2 Å². The summed E-state index contributed by atoms with van der Waals surface area (Å²) >= 11 is 0. The van der Waals surface area contributed by atoms with Gasteiger partial charge in [-0.1, -0.05) is 12.1 Å². The van der Waals surface area contributed by atoms with Crippen LogP contribution in [0.25, 0.3) is 0 Å². The molecule has 0 spiro atoms. The van der Waals surface area contributed by atoms with Gasteiger partial charge in [0.05, 0.1) is 7.11 Å². The molecule has 0 N–H and O–H groups in total. The molecule has 1 heterocycles. The molecule has 0 aliphatic carbocycles. The van der Waals surface area contributed by atoms with Gasteiger partial charge in [-0.05, 0) is 56.3 Å². The van der Waals surface area contributed by atoms with Gasteiger partial charge in [-0.2, -0.15) is 0 Å². The van der Waals surface area contributed by atoms with Crippen molar-refractivity contribution in [2.75, 3.05) is 53.6 Å². The smallest absolute Gasteiger partial charge is 0.248 e. The first kappa shape index (κ1) is 19.7. The lowest BCUT2D eigenvalue weighted by atomic mass is 9.97. The van der Waals surface area contributed by atoms with Crippen molar-refractivity contribution in [3.8, 4) is 5.75 Å². The molecule has 0 saturated carbocycles. The van der Waals surface area contributed by atoms with E-state index < -0.39 is 0 Å². The number of hydrogen-bond acceptors (Lipinski definition) is 4. The summed E-state index contributed by atoms with van der Waals surface area (Å²) in [4.78, 5) is 16.5. The first-order valence-corrected chi connectivity index (χ1v) is 9.28. The number of ether oxygens (including phenoxy) is 2. The number of likely N-dealkylation sites (N-methyl/N-ethyl adjacent to an activating group) is 1. The van der Waals surface area contributed by atoms with Crippen molar-refractivity contribution in [3.63, 3.8) is 0 Å². The maximum atomic E-state index is 12.1. The van der Waals surface area contributed by atoms with Crippen LogP contribution in [-0.4, -0.2) is 69.3 Å². The van der Waals surface area contributed by atoms with Crippen molar-refractivity contribution in [1.82, 2.24) is 9.80 Å². The van der Waals surface area contributed by atoms with Crippen LogP contribution in [-0.2, 0) is 16.0 Å². The predicted octanol–water partition coefficient (Wildman–Crippen LogP) is 2.44. The summed E-state index contributed by atoms with van der Waals surface area (Å²) in [5.41, 5.74) is 1.31. The summed E-state index contributed by atoms with van der Waals surface area (Å²) in [6.45, 7) is 7.09. The van der Waals surface area contributed by atoms with Crippen LogP contribution in [0.3, 0.4) is 0 Å². The third-order valence-electron chi connectivity index (χ3n) is 4.93. The Hall–Kier alpha value is -1.59. The highest BCUT2D eigenvalue weighted by Crippen LogP contribution is 2.19. The Bertz CT molecular complexity index is 535. The second-order valence-corrected chi connectivity index (χ2v) is 6.78. The van der Waals surface area contributed by atoms with Gasteiger partial charge in [0.2, 0.25) is 5.91 Å². The number of likely N-dealkylation sites (tertiary alicyclic amines) is 1. The number of carbonyl (C=O) groups excluding carboxylic acids is 1. The van der Waals surface area contributed by atoms with Gasteiger partial charge in [0.15, 0.2) is 0 Å². The van der Waals surface area contributed by atoms with Crippen LogP contribution in [0.5, 0.6) is 5.75 Å². The van der Waals surface area contributed by atoms with Crippen LogP contribution in [0, 0.1) is 5.92 Å². The van der Waals surface area contributed by atoms with Crippen LogP contribution in [0.2, 0.25) is 0 Å². The Morgan fingerprint density at radius 2 is 2.20 bits per heavy atom. The first-order chi connectivity index (χ1) is 12.2. The van der Waals surface area contributed by atoms with Gasteiger partial charge in [0.25, 0.3) is 0 Å². The van der Waals surface area contributed by atoms with E-state index in [0.717, 1.165) is 44.9 Å². The second kappa shape index (κ2) is 10.4. The van der Waals surface area contributed by atoms with Gasteiger partial charge in [0, 0.05) is 33.3 Å². The van der Waals surface area contributed by atoms with Crippen molar-refractivity contribution in [3.05, 3.63) is 29.8 Å². The highest BCUT2D eigenvalue weighted by Gasteiger charge is 2.23. The Morgan fingerprint density at radius 1 is 1.36 bits per heavy atom. The number of nitrogens with zero attached hydrogens (tertiary/aromatic N) is 2. The van der Waals surface area contributed by atoms with E-state index in [-0.39, 0.29) is 12.5 Å². The average molecular weight is 348 g/mol. The standard InChI is InChI=1S/C20H32N2O3/c1-4-22(20(23)16-24-2)15-18-8-6-11-21(14-18)12-10-17-7-5-9-19(13-17)25-3/h5,7,9,13,18H,4,6,8,10-12,14-16H2,1-3H3/t18-/m1/s1. The molecule has 1 fully saturated rings. The molecule has 5 heteroatoms. The van der Waals surface area contributed by atoms with E-state index in [2.05, 4.69) is 17.0 Å². The van der Waals surface area contributed by atoms with Crippen molar-refractivity contribution in [1.29, 1.82) is 0 Å². The van der Waals surface area contributed by atoms with E-state index in [1.165, 1.54) is 18.4 Å². The van der Waals surface area contributed by atoms with E-state index in [9.17, 15) is 4.79 Å². The first-order valence-electron chi connectivity index (χ1n) is 9.28. The molecule has 140 valence electrons. The topological polar surface area (TPSA) is 42.0 Å². The van der Waals surface area contributed by atoms with E-state index in [4.69, 9.17) is 9.47 Å². The molecule has 1 aromatic carbocycles. The molecule has 25 heavy (non-hydrogen) atoms. The van der Waals surface area contributed by atoms with Gasteiger partial charge >= 0.3 is 0 Å². The largest absolute Gasteiger partial charge is 0.497 e. The Labute approximate surface area is 151 Å². The van der Waals surface area contributed by atoms with E-state index in [1.807, 2.05) is 24.0 Å². The lowest BCUT2D eigenvalue weighted by Gasteiger charge is -2.35. The van der Waals surface area contributed by atoms with Gasteiger partial charge in [0.1, 0.15) is 12.4 Å². The lowest BCUT2D eigenvalue weighted by molar-refractivity contribution is -0.135. The minimum atomic E-state index is 0.0958. The van der Waals surface area contributed by atoms with Crippen LogP contribution >= 0.6 is 0 Å². The van der Waals surface area contributed by atoms with E-state index in [0.29, 0.717) is 5.92 Å². The maximum absolute atomic E-state index is 12.1. The molecule has 1 aliphatic heterocycles. The third kappa shape index (κ3) is 6.33. The van der Waals surface area contributed by atoms with Crippen LogP contribution < -0.4 is 4.74 Å². The number of amides is 1. The summed E-state index contributed by atoms with van der Waals surface area (Å²) in [6, 6.07) is 8.31. The summed E-state index contributed by atoms with van der Waals surface area (Å²) < 4.78 is 10.3. The monoisotopic (exact) mass is 348 g/mol. The van der Waals surface area contributed by atoms with Crippen molar-refractivity contribution in [2.24, 2.45) is 5.92 Å². The van der Waals surface area contributed by atoms with E-state index >= 15 is 0 Å². The van der Waals surface area contributed by atoms with Gasteiger partial charge < -0.3 is 19.3 Å². The fourth-order valence-corrected chi connectivity index (χ4v) is 3.55. The Balaban J connectivity index is 1.82. The SMILES string of the molecule is CCN(C[C@@H]1CCCN(CCc2cccc(OC)c2)C1)C(=O)COC. The molecule has 1 amide bonds. The minimum Gasteiger partial charge on any atom is -0.497 e. The Morgan fingerprint density at radius 3 is 2.92 bits per heavy atom. The zero-order chi connectivity index (χ0) is 18.1. The van der Waals surface area contributed by atoms with Crippen LogP contribution in [0.4, 0.5) is 0 Å². The average Bonchev–Trinajstić information content (AvgIpc) is 2.65. The zero-order valence-electron chi connectivity index (χ0n) is 15.9. The molecule has 0 bridgehead atoms. The molecule has 2 rings (SSSR count). The molecule has 0 unspecified atom stereocenters.